The molecule has 0 bridgehead atoms. The lowest BCUT2D eigenvalue weighted by molar-refractivity contribution is 0.101. The molecule has 0 amide bonds. The fourth-order valence-corrected chi connectivity index (χ4v) is 1.06. The number of hydrogen-bond acceptors (Lipinski definition) is 2. The summed E-state index contributed by atoms with van der Waals surface area (Å²) >= 11 is 4.65. The van der Waals surface area contributed by atoms with E-state index in [1.807, 2.05) is 30.3 Å². The molecule has 1 aromatic rings. The summed E-state index contributed by atoms with van der Waals surface area (Å²) in [6.07, 6.45) is 3.69. The van der Waals surface area contributed by atoms with E-state index >= 15 is 0 Å². The van der Waals surface area contributed by atoms with Crippen molar-refractivity contribution in [2.45, 2.75) is 6.92 Å². The maximum absolute atomic E-state index is 10.9. The van der Waals surface area contributed by atoms with Crippen LogP contribution in [0.2, 0.25) is 0 Å². The van der Waals surface area contributed by atoms with Crippen molar-refractivity contribution in [1.29, 1.82) is 0 Å². The Labute approximate surface area is 83.1 Å². The van der Waals surface area contributed by atoms with Crippen molar-refractivity contribution >= 4 is 29.4 Å². The molecule has 0 aliphatic heterocycles. The largest absolute Gasteiger partial charge is 0.295 e. The lowest BCUT2D eigenvalue weighted by Gasteiger charge is -1.95. The lowest BCUT2D eigenvalue weighted by Crippen LogP contribution is -1.90. The molecule has 0 N–H and O–H groups in total. The van der Waals surface area contributed by atoms with Crippen LogP contribution in [0.3, 0.4) is 0 Å². The third kappa shape index (κ3) is 2.92. The second-order valence-corrected chi connectivity index (χ2v) is 2.95. The van der Waals surface area contributed by atoms with E-state index in [-0.39, 0.29) is 5.78 Å². The molecular formula is C11H10OS. The van der Waals surface area contributed by atoms with Gasteiger partial charge in [0.2, 0.25) is 0 Å². The van der Waals surface area contributed by atoms with Gasteiger partial charge in [-0.2, -0.15) is 0 Å². The van der Waals surface area contributed by atoms with Crippen molar-refractivity contribution in [2.75, 3.05) is 0 Å². The van der Waals surface area contributed by atoms with Gasteiger partial charge in [0.05, 0.1) is 0 Å². The van der Waals surface area contributed by atoms with Crippen LogP contribution in [0.4, 0.5) is 0 Å². The first-order valence-corrected chi connectivity index (χ1v) is 4.44. The normalized spacial score (nSPS) is 10.2. The molecule has 0 spiro atoms. The molecule has 66 valence electrons. The van der Waals surface area contributed by atoms with Crippen molar-refractivity contribution < 1.29 is 4.79 Å². The molecule has 1 nitrogen and oxygen atoms in total. The van der Waals surface area contributed by atoms with E-state index in [2.05, 4.69) is 12.2 Å². The van der Waals surface area contributed by atoms with Gasteiger partial charge in [0, 0.05) is 10.9 Å². The number of hydrogen-bond donors (Lipinski definition) is 0. The number of benzene rings is 1. The third-order valence-corrected chi connectivity index (χ3v) is 1.84. The van der Waals surface area contributed by atoms with Crippen LogP contribution < -0.4 is 0 Å². The highest BCUT2D eigenvalue weighted by molar-refractivity contribution is 7.79. The number of allylic oxidation sites excluding steroid dienone is 1. The Morgan fingerprint density at radius 3 is 2.38 bits per heavy atom. The summed E-state index contributed by atoms with van der Waals surface area (Å²) in [6, 6.07) is 7.41. The number of ketones is 1. The molecule has 0 aromatic heterocycles. The number of thiocarbonyl (C=S) groups is 1. The summed E-state index contributed by atoms with van der Waals surface area (Å²) in [5, 5.41) is 1.55. The zero-order valence-corrected chi connectivity index (χ0v) is 8.17. The number of rotatable bonds is 3. The average molecular weight is 190 g/mol. The lowest BCUT2D eigenvalue weighted by atomic mass is 10.1. The van der Waals surface area contributed by atoms with Crippen LogP contribution in [-0.4, -0.2) is 11.2 Å². The van der Waals surface area contributed by atoms with E-state index in [0.717, 1.165) is 11.1 Å². The van der Waals surface area contributed by atoms with E-state index in [1.54, 1.807) is 18.4 Å². The van der Waals surface area contributed by atoms with Crippen LogP contribution in [0, 0.1) is 0 Å². The molecule has 13 heavy (non-hydrogen) atoms. The molecule has 0 atom stereocenters. The van der Waals surface area contributed by atoms with Crippen molar-refractivity contribution in [3.05, 3.63) is 41.5 Å². The first-order chi connectivity index (χ1) is 6.24. The van der Waals surface area contributed by atoms with Crippen molar-refractivity contribution in [2.24, 2.45) is 0 Å². The minimum atomic E-state index is 0.0883. The van der Waals surface area contributed by atoms with Crippen molar-refractivity contribution in [3.63, 3.8) is 0 Å². The van der Waals surface area contributed by atoms with Gasteiger partial charge in [0.15, 0.2) is 5.78 Å². The fourth-order valence-electron chi connectivity index (χ4n) is 0.979. The van der Waals surface area contributed by atoms with E-state index in [1.165, 1.54) is 0 Å². The molecule has 2 heteroatoms. The van der Waals surface area contributed by atoms with Crippen LogP contribution in [0.1, 0.15) is 22.8 Å². The Bertz CT molecular complexity index is 336. The van der Waals surface area contributed by atoms with Gasteiger partial charge in [-0.05, 0) is 12.5 Å². The van der Waals surface area contributed by atoms with Crippen molar-refractivity contribution in [1.82, 2.24) is 0 Å². The van der Waals surface area contributed by atoms with Gasteiger partial charge >= 0.3 is 0 Å². The van der Waals surface area contributed by atoms with Gasteiger partial charge < -0.3 is 0 Å². The summed E-state index contributed by atoms with van der Waals surface area (Å²) in [6.45, 7) is 1.56. The van der Waals surface area contributed by atoms with Crippen LogP contribution in [-0.2, 0) is 0 Å². The molecule has 0 saturated heterocycles. The Balaban J connectivity index is 2.87. The zero-order chi connectivity index (χ0) is 9.68. The Morgan fingerprint density at radius 2 is 1.92 bits per heavy atom. The number of carbonyl (C=O) groups excluding carboxylic acids is 1. The molecule has 0 saturated carbocycles. The molecule has 0 aliphatic rings. The predicted octanol–water partition coefficient (Wildman–Crippen LogP) is 2.90. The number of carbonyl (C=O) groups is 1. The van der Waals surface area contributed by atoms with Gasteiger partial charge in [-0.15, -0.1) is 0 Å². The molecule has 1 aromatic carbocycles. The maximum Gasteiger partial charge on any atom is 0.159 e. The summed E-state index contributed by atoms with van der Waals surface area (Å²) in [4.78, 5) is 10.9. The Hall–Kier alpha value is -1.28. The standard InChI is InChI=1S/C11H10OS/c1-9(12)11-6-4-10(5-7-11)3-2-8-13/h2-8H,1H3/b3-2+. The topological polar surface area (TPSA) is 17.1 Å². The van der Waals surface area contributed by atoms with E-state index in [4.69, 9.17) is 0 Å². The highest BCUT2D eigenvalue weighted by atomic mass is 32.1. The molecule has 0 fully saturated rings. The third-order valence-electron chi connectivity index (χ3n) is 1.68. The first kappa shape index (κ1) is 9.81. The minimum Gasteiger partial charge on any atom is -0.295 e. The van der Waals surface area contributed by atoms with Gasteiger partial charge in [-0.25, -0.2) is 0 Å². The van der Waals surface area contributed by atoms with Crippen LogP contribution in [0.5, 0.6) is 0 Å². The molecule has 1 rings (SSSR count). The second-order valence-electron chi connectivity index (χ2n) is 2.67. The fraction of sp³-hybridized carbons (Fsp3) is 0.0909. The Kier molecular flexibility index (Phi) is 3.53. The minimum absolute atomic E-state index is 0.0883. The van der Waals surface area contributed by atoms with E-state index in [9.17, 15) is 4.79 Å². The van der Waals surface area contributed by atoms with Crippen molar-refractivity contribution in [3.8, 4) is 0 Å². The summed E-state index contributed by atoms with van der Waals surface area (Å²) in [5.41, 5.74) is 1.78. The monoisotopic (exact) mass is 190 g/mol. The van der Waals surface area contributed by atoms with Crippen LogP contribution in [0.15, 0.2) is 30.3 Å². The quantitative estimate of drug-likeness (QED) is 0.414. The zero-order valence-electron chi connectivity index (χ0n) is 7.36. The van der Waals surface area contributed by atoms with Crippen LogP contribution in [0.25, 0.3) is 6.08 Å². The molecular weight excluding hydrogens is 180 g/mol. The first-order valence-electron chi connectivity index (χ1n) is 3.97. The predicted molar refractivity (Wildman–Crippen MR) is 59.1 cm³/mol. The van der Waals surface area contributed by atoms with Gasteiger partial charge in [-0.3, -0.25) is 4.79 Å². The highest BCUT2D eigenvalue weighted by Gasteiger charge is 1.96. The van der Waals surface area contributed by atoms with Gasteiger partial charge in [-0.1, -0.05) is 48.6 Å². The van der Waals surface area contributed by atoms with Gasteiger partial charge in [0.25, 0.3) is 0 Å². The average Bonchev–Trinajstić information content (AvgIpc) is 2.15. The molecule has 0 radical (unpaired) electrons. The SMILES string of the molecule is CC(=O)c1ccc(/C=C/C=S)cc1. The summed E-state index contributed by atoms with van der Waals surface area (Å²) in [5.74, 6) is 0.0883. The molecule has 0 aliphatic carbocycles. The Morgan fingerprint density at radius 1 is 1.31 bits per heavy atom. The highest BCUT2D eigenvalue weighted by Crippen LogP contribution is 2.06. The second kappa shape index (κ2) is 4.67. The van der Waals surface area contributed by atoms with Gasteiger partial charge in [0.1, 0.15) is 0 Å². The molecule has 0 unspecified atom stereocenters. The maximum atomic E-state index is 10.9. The summed E-state index contributed by atoms with van der Waals surface area (Å²) < 4.78 is 0. The molecule has 0 heterocycles. The number of Topliss-reactive ketones (excluding diaryl/α,β-unsaturated/α-hetero) is 1. The van der Waals surface area contributed by atoms with E-state index in [0.29, 0.717) is 0 Å². The van der Waals surface area contributed by atoms with E-state index < -0.39 is 0 Å². The van der Waals surface area contributed by atoms with Crippen LogP contribution >= 0.6 is 12.2 Å². The summed E-state index contributed by atoms with van der Waals surface area (Å²) in [7, 11) is 0. The smallest absolute Gasteiger partial charge is 0.159 e.